The van der Waals surface area contributed by atoms with Crippen molar-refractivity contribution in [2.24, 2.45) is 0 Å². The van der Waals surface area contributed by atoms with E-state index in [9.17, 15) is 9.90 Å². The van der Waals surface area contributed by atoms with Gasteiger partial charge in [0.1, 0.15) is 11.3 Å². The van der Waals surface area contributed by atoms with Gasteiger partial charge in [0.25, 0.3) is 0 Å². The van der Waals surface area contributed by atoms with Crippen molar-refractivity contribution in [2.75, 3.05) is 7.11 Å². The Labute approximate surface area is 118 Å². The molecule has 1 N–H and O–H groups in total. The summed E-state index contributed by atoms with van der Waals surface area (Å²) in [5, 5.41) is 10.2. The Kier molecular flexibility index (Phi) is 3.79. The van der Waals surface area contributed by atoms with Gasteiger partial charge in [-0.15, -0.1) is 0 Å². The molecule has 0 radical (unpaired) electrons. The van der Waals surface area contributed by atoms with E-state index in [0.29, 0.717) is 5.56 Å². The van der Waals surface area contributed by atoms with Gasteiger partial charge in [-0.2, -0.15) is 0 Å². The van der Waals surface area contributed by atoms with Crippen LogP contribution in [0.15, 0.2) is 30.3 Å². The minimum atomic E-state index is -0.514. The molecule has 0 heterocycles. The third kappa shape index (κ3) is 2.16. The molecule has 0 aliphatic heterocycles. The number of methoxy groups -OCH3 is 1. The van der Waals surface area contributed by atoms with Crippen LogP contribution in [0.1, 0.15) is 27.0 Å². The van der Waals surface area contributed by atoms with Crippen LogP contribution < -0.4 is 0 Å². The lowest BCUT2D eigenvalue weighted by atomic mass is 9.88. The average Bonchev–Trinajstić information content (AvgIpc) is 2.46. The van der Waals surface area contributed by atoms with Crippen LogP contribution in [-0.4, -0.2) is 18.2 Å². The van der Waals surface area contributed by atoms with Crippen molar-refractivity contribution in [3.8, 4) is 16.9 Å². The van der Waals surface area contributed by atoms with E-state index in [1.165, 1.54) is 7.11 Å². The first-order valence-electron chi connectivity index (χ1n) is 6.45. The van der Waals surface area contributed by atoms with Gasteiger partial charge in [-0.05, 0) is 48.6 Å². The molecular weight excluding hydrogens is 252 g/mol. The Morgan fingerprint density at radius 1 is 1.00 bits per heavy atom. The number of aromatic hydroxyl groups is 1. The van der Waals surface area contributed by atoms with Crippen molar-refractivity contribution in [3.63, 3.8) is 0 Å². The number of rotatable bonds is 2. The summed E-state index contributed by atoms with van der Waals surface area (Å²) in [6.45, 7) is 5.59. The summed E-state index contributed by atoms with van der Waals surface area (Å²) in [5.74, 6) is -0.508. The molecule has 2 aromatic rings. The van der Waals surface area contributed by atoms with Crippen LogP contribution in [0.25, 0.3) is 11.1 Å². The molecule has 0 aliphatic carbocycles. The van der Waals surface area contributed by atoms with Crippen LogP contribution in [0.2, 0.25) is 0 Å². The van der Waals surface area contributed by atoms with Crippen LogP contribution in [0.5, 0.6) is 5.75 Å². The van der Waals surface area contributed by atoms with Crippen molar-refractivity contribution in [3.05, 3.63) is 52.6 Å². The van der Waals surface area contributed by atoms with E-state index in [1.807, 2.05) is 51.1 Å². The number of carbonyl (C=O) groups is 1. The summed E-state index contributed by atoms with van der Waals surface area (Å²) in [7, 11) is 1.32. The zero-order valence-electron chi connectivity index (χ0n) is 12.2. The fraction of sp³-hybridized carbons (Fsp3) is 0.235. The van der Waals surface area contributed by atoms with Crippen LogP contribution in [-0.2, 0) is 4.74 Å². The van der Waals surface area contributed by atoms with Crippen molar-refractivity contribution < 1.29 is 14.6 Å². The summed E-state index contributed by atoms with van der Waals surface area (Å²) in [6, 6.07) is 9.84. The van der Waals surface area contributed by atoms with E-state index >= 15 is 0 Å². The summed E-state index contributed by atoms with van der Waals surface area (Å²) >= 11 is 0. The van der Waals surface area contributed by atoms with Gasteiger partial charge in [-0.1, -0.05) is 30.3 Å². The molecule has 20 heavy (non-hydrogen) atoms. The highest BCUT2D eigenvalue weighted by Crippen LogP contribution is 2.38. The second-order valence-corrected chi connectivity index (χ2v) is 4.83. The lowest BCUT2D eigenvalue weighted by Gasteiger charge is -2.18. The van der Waals surface area contributed by atoms with Crippen molar-refractivity contribution in [1.29, 1.82) is 0 Å². The van der Waals surface area contributed by atoms with E-state index in [4.69, 9.17) is 4.74 Å². The summed E-state index contributed by atoms with van der Waals surface area (Å²) < 4.78 is 4.78. The van der Waals surface area contributed by atoms with E-state index in [2.05, 4.69) is 0 Å². The van der Waals surface area contributed by atoms with Crippen LogP contribution in [0, 0.1) is 20.8 Å². The van der Waals surface area contributed by atoms with E-state index in [-0.39, 0.29) is 11.3 Å². The van der Waals surface area contributed by atoms with Gasteiger partial charge >= 0.3 is 5.97 Å². The summed E-state index contributed by atoms with van der Waals surface area (Å²) in [4.78, 5) is 11.9. The quantitative estimate of drug-likeness (QED) is 0.845. The minimum Gasteiger partial charge on any atom is -0.507 e. The first-order chi connectivity index (χ1) is 9.49. The van der Waals surface area contributed by atoms with Gasteiger partial charge in [0.05, 0.1) is 7.11 Å². The second-order valence-electron chi connectivity index (χ2n) is 4.83. The molecule has 0 aliphatic rings. The Morgan fingerprint density at radius 2 is 1.60 bits per heavy atom. The largest absolute Gasteiger partial charge is 0.507 e. The maximum Gasteiger partial charge on any atom is 0.341 e. The Morgan fingerprint density at radius 3 is 2.15 bits per heavy atom. The van der Waals surface area contributed by atoms with Gasteiger partial charge in [0, 0.05) is 0 Å². The average molecular weight is 270 g/mol. The molecule has 0 saturated carbocycles. The highest BCUT2D eigenvalue weighted by Gasteiger charge is 2.23. The predicted molar refractivity (Wildman–Crippen MR) is 79.1 cm³/mol. The molecule has 104 valence electrons. The number of benzene rings is 2. The maximum absolute atomic E-state index is 11.9. The molecule has 0 spiro atoms. The Bertz CT molecular complexity index is 658. The second kappa shape index (κ2) is 5.37. The maximum atomic E-state index is 11.9. The van der Waals surface area contributed by atoms with Crippen molar-refractivity contribution >= 4 is 5.97 Å². The molecule has 2 rings (SSSR count). The normalized spacial score (nSPS) is 10.4. The van der Waals surface area contributed by atoms with E-state index in [1.54, 1.807) is 0 Å². The van der Waals surface area contributed by atoms with Crippen molar-refractivity contribution in [2.45, 2.75) is 20.8 Å². The molecule has 3 nitrogen and oxygen atoms in total. The number of carbonyl (C=O) groups excluding carboxylic acids is 1. The fourth-order valence-corrected chi connectivity index (χ4v) is 2.53. The van der Waals surface area contributed by atoms with Gasteiger partial charge in [-0.25, -0.2) is 4.79 Å². The molecule has 0 aromatic heterocycles. The van der Waals surface area contributed by atoms with E-state index in [0.717, 1.165) is 22.3 Å². The molecule has 2 aromatic carbocycles. The van der Waals surface area contributed by atoms with Gasteiger partial charge in [0.15, 0.2) is 0 Å². The fourth-order valence-electron chi connectivity index (χ4n) is 2.53. The number of hydrogen-bond acceptors (Lipinski definition) is 3. The molecule has 0 unspecified atom stereocenters. The zero-order valence-corrected chi connectivity index (χ0v) is 12.2. The van der Waals surface area contributed by atoms with Crippen LogP contribution in [0.4, 0.5) is 0 Å². The lowest BCUT2D eigenvalue weighted by molar-refractivity contribution is 0.0596. The highest BCUT2D eigenvalue weighted by atomic mass is 16.5. The topological polar surface area (TPSA) is 46.5 Å². The Balaban J connectivity index is 2.82. The first kappa shape index (κ1) is 14.1. The van der Waals surface area contributed by atoms with Gasteiger partial charge < -0.3 is 9.84 Å². The Hall–Kier alpha value is -2.29. The molecule has 0 bridgehead atoms. The number of phenolic OH excluding ortho intramolecular Hbond substituents is 1. The van der Waals surface area contributed by atoms with Crippen LogP contribution in [0.3, 0.4) is 0 Å². The number of phenols is 1. The van der Waals surface area contributed by atoms with Crippen LogP contribution >= 0.6 is 0 Å². The predicted octanol–water partition coefficient (Wildman–Crippen LogP) is 3.77. The SMILES string of the molecule is COC(=O)c1c(C)c(-c2ccccc2)c(C)c(C)c1O. The number of hydrogen-bond donors (Lipinski definition) is 1. The van der Waals surface area contributed by atoms with Gasteiger partial charge in [-0.3, -0.25) is 0 Å². The van der Waals surface area contributed by atoms with Gasteiger partial charge in [0.2, 0.25) is 0 Å². The highest BCUT2D eigenvalue weighted by molar-refractivity contribution is 5.97. The monoisotopic (exact) mass is 270 g/mol. The summed E-state index contributed by atoms with van der Waals surface area (Å²) in [6.07, 6.45) is 0. The smallest absolute Gasteiger partial charge is 0.341 e. The molecular formula is C17H18O3. The standard InChI is InChI=1S/C17H18O3/c1-10-11(2)16(18)15(17(19)20-4)12(3)14(10)13-8-6-5-7-9-13/h5-9,18H,1-4H3. The lowest BCUT2D eigenvalue weighted by Crippen LogP contribution is -2.08. The summed E-state index contributed by atoms with van der Waals surface area (Å²) in [5.41, 5.74) is 4.66. The molecule has 0 amide bonds. The third-order valence-corrected chi connectivity index (χ3v) is 3.73. The van der Waals surface area contributed by atoms with E-state index < -0.39 is 5.97 Å². The molecule has 0 saturated heterocycles. The zero-order chi connectivity index (χ0) is 14.9. The molecule has 3 heteroatoms. The number of ether oxygens (including phenoxy) is 1. The minimum absolute atomic E-state index is 0.00605. The molecule has 0 fully saturated rings. The van der Waals surface area contributed by atoms with Crippen molar-refractivity contribution in [1.82, 2.24) is 0 Å². The first-order valence-corrected chi connectivity index (χ1v) is 6.45. The third-order valence-electron chi connectivity index (χ3n) is 3.73. The molecule has 0 atom stereocenters. The number of esters is 1.